The predicted molar refractivity (Wildman–Crippen MR) is 79.8 cm³/mol. The summed E-state index contributed by atoms with van der Waals surface area (Å²) in [5, 5.41) is 18.6. The summed E-state index contributed by atoms with van der Waals surface area (Å²) >= 11 is 0. The van der Waals surface area contributed by atoms with Crippen LogP contribution in [0.2, 0.25) is 0 Å². The lowest BCUT2D eigenvalue weighted by molar-refractivity contribution is 0.430. The fourth-order valence-electron chi connectivity index (χ4n) is 2.03. The molecule has 0 radical (unpaired) electrons. The highest BCUT2D eigenvalue weighted by Gasteiger charge is 2.14. The summed E-state index contributed by atoms with van der Waals surface area (Å²) in [6.07, 6.45) is 0. The topological polar surface area (TPSA) is 111 Å². The standard InChI is InChI=1S/C14H12N4O3S/c15-22(20,21)12-8-6-11(7-9-12)18-13(16-14(19)17-18)10-4-2-1-3-5-10/h1-9H,(H,17,19)(H2,15,20,21). The second-order valence-corrected chi connectivity index (χ2v) is 6.11. The van der Waals surface area contributed by atoms with Gasteiger partial charge in [0.05, 0.1) is 10.6 Å². The molecule has 8 heteroatoms. The third-order valence-electron chi connectivity index (χ3n) is 3.04. The first-order valence-corrected chi connectivity index (χ1v) is 7.84. The van der Waals surface area contributed by atoms with Crippen molar-refractivity contribution in [3.8, 4) is 23.1 Å². The van der Waals surface area contributed by atoms with E-state index in [9.17, 15) is 13.5 Å². The van der Waals surface area contributed by atoms with Crippen LogP contribution >= 0.6 is 0 Å². The maximum atomic E-state index is 11.3. The zero-order valence-electron chi connectivity index (χ0n) is 11.3. The first kappa shape index (κ1) is 14.2. The fourth-order valence-corrected chi connectivity index (χ4v) is 2.55. The van der Waals surface area contributed by atoms with Gasteiger partial charge in [0, 0.05) is 5.56 Å². The van der Waals surface area contributed by atoms with Gasteiger partial charge in [-0.3, -0.25) is 0 Å². The lowest BCUT2D eigenvalue weighted by Gasteiger charge is -2.06. The largest absolute Gasteiger partial charge is 0.478 e. The van der Waals surface area contributed by atoms with Crippen molar-refractivity contribution < 1.29 is 13.5 Å². The number of sulfonamides is 1. The third kappa shape index (κ3) is 2.69. The molecule has 3 aromatic rings. The summed E-state index contributed by atoms with van der Waals surface area (Å²) in [6, 6.07) is 14.7. The van der Waals surface area contributed by atoms with E-state index in [0.717, 1.165) is 5.56 Å². The van der Waals surface area contributed by atoms with E-state index in [2.05, 4.69) is 10.1 Å². The van der Waals surface area contributed by atoms with Crippen LogP contribution in [0.15, 0.2) is 59.5 Å². The van der Waals surface area contributed by atoms with Crippen LogP contribution in [-0.4, -0.2) is 28.3 Å². The molecule has 2 aromatic carbocycles. The summed E-state index contributed by atoms with van der Waals surface area (Å²) in [5.74, 6) is 0.446. The number of aromatic nitrogens is 3. The molecule has 22 heavy (non-hydrogen) atoms. The highest BCUT2D eigenvalue weighted by Crippen LogP contribution is 2.23. The number of nitrogens with two attached hydrogens (primary N) is 1. The van der Waals surface area contributed by atoms with Gasteiger partial charge in [-0.15, -0.1) is 5.10 Å². The second-order valence-electron chi connectivity index (χ2n) is 4.55. The van der Waals surface area contributed by atoms with Gasteiger partial charge in [-0.25, -0.2) is 18.2 Å². The molecule has 0 aliphatic rings. The Morgan fingerprint density at radius 2 is 1.64 bits per heavy atom. The number of primary sulfonamides is 1. The molecular formula is C14H12N4O3S. The van der Waals surface area contributed by atoms with Gasteiger partial charge < -0.3 is 5.11 Å². The minimum Gasteiger partial charge on any atom is -0.478 e. The molecule has 7 nitrogen and oxygen atoms in total. The van der Waals surface area contributed by atoms with Crippen LogP contribution in [0.1, 0.15) is 0 Å². The molecule has 3 rings (SSSR count). The summed E-state index contributed by atoms with van der Waals surface area (Å²) in [6.45, 7) is 0. The highest BCUT2D eigenvalue weighted by molar-refractivity contribution is 7.89. The molecule has 0 saturated heterocycles. The molecule has 1 heterocycles. The van der Waals surface area contributed by atoms with Crippen molar-refractivity contribution >= 4 is 10.0 Å². The number of hydrogen-bond acceptors (Lipinski definition) is 5. The normalized spacial score (nSPS) is 11.5. The Labute approximate surface area is 126 Å². The molecule has 0 saturated carbocycles. The zero-order valence-corrected chi connectivity index (χ0v) is 12.1. The van der Waals surface area contributed by atoms with Gasteiger partial charge in [-0.2, -0.15) is 4.98 Å². The Morgan fingerprint density at radius 3 is 2.23 bits per heavy atom. The molecule has 112 valence electrons. The molecule has 3 N–H and O–H groups in total. The van der Waals surface area contributed by atoms with Gasteiger partial charge in [0.1, 0.15) is 0 Å². The summed E-state index contributed by atoms with van der Waals surface area (Å²) in [4.78, 5) is 3.99. The van der Waals surface area contributed by atoms with Gasteiger partial charge in [-0.1, -0.05) is 30.3 Å². The molecule has 0 bridgehead atoms. The monoisotopic (exact) mass is 316 g/mol. The van der Waals surface area contributed by atoms with Crippen LogP contribution in [-0.2, 0) is 10.0 Å². The van der Waals surface area contributed by atoms with Gasteiger partial charge in [-0.05, 0) is 24.3 Å². The van der Waals surface area contributed by atoms with E-state index in [1.807, 2.05) is 30.3 Å². The first-order valence-electron chi connectivity index (χ1n) is 6.30. The van der Waals surface area contributed by atoms with Crippen molar-refractivity contribution in [3.05, 3.63) is 54.6 Å². The van der Waals surface area contributed by atoms with E-state index in [1.54, 1.807) is 12.1 Å². The quantitative estimate of drug-likeness (QED) is 0.756. The van der Waals surface area contributed by atoms with E-state index in [1.165, 1.54) is 16.8 Å². The molecule has 0 spiro atoms. The summed E-state index contributed by atoms with van der Waals surface area (Å²) < 4.78 is 24.0. The maximum absolute atomic E-state index is 11.3. The molecule has 0 aliphatic carbocycles. The zero-order chi connectivity index (χ0) is 15.7. The number of aromatic hydroxyl groups is 1. The van der Waals surface area contributed by atoms with Crippen LogP contribution < -0.4 is 5.14 Å². The number of hydrogen-bond donors (Lipinski definition) is 2. The molecule has 0 fully saturated rings. The van der Waals surface area contributed by atoms with Crippen molar-refractivity contribution in [1.82, 2.24) is 14.8 Å². The number of benzene rings is 2. The summed E-state index contributed by atoms with van der Waals surface area (Å²) in [7, 11) is -3.75. The Balaban J connectivity index is 2.10. The average molecular weight is 316 g/mol. The van der Waals surface area contributed by atoms with Gasteiger partial charge in [0.2, 0.25) is 10.0 Å². The van der Waals surface area contributed by atoms with Crippen molar-refractivity contribution in [3.63, 3.8) is 0 Å². The van der Waals surface area contributed by atoms with Crippen LogP contribution in [0.4, 0.5) is 0 Å². The predicted octanol–water partition coefficient (Wildman–Crippen LogP) is 1.29. The lowest BCUT2D eigenvalue weighted by Crippen LogP contribution is -2.12. The van der Waals surface area contributed by atoms with Crippen LogP contribution in [0, 0.1) is 0 Å². The highest BCUT2D eigenvalue weighted by atomic mass is 32.2. The SMILES string of the molecule is NS(=O)(=O)c1ccc(-n2nc(O)nc2-c2ccccc2)cc1. The molecule has 0 unspecified atom stereocenters. The number of rotatable bonds is 3. The third-order valence-corrected chi connectivity index (χ3v) is 3.97. The summed E-state index contributed by atoms with van der Waals surface area (Å²) in [5.41, 5.74) is 1.32. The Morgan fingerprint density at radius 1 is 1.00 bits per heavy atom. The van der Waals surface area contributed by atoms with Crippen LogP contribution in [0.25, 0.3) is 17.1 Å². The van der Waals surface area contributed by atoms with Crippen molar-refractivity contribution in [1.29, 1.82) is 0 Å². The van der Waals surface area contributed by atoms with Gasteiger partial charge in [0.15, 0.2) is 5.82 Å². The van der Waals surface area contributed by atoms with E-state index in [4.69, 9.17) is 5.14 Å². The van der Waals surface area contributed by atoms with Gasteiger partial charge in [0.25, 0.3) is 0 Å². The van der Waals surface area contributed by atoms with Crippen molar-refractivity contribution in [2.45, 2.75) is 4.90 Å². The smallest absolute Gasteiger partial charge is 0.333 e. The van der Waals surface area contributed by atoms with Crippen molar-refractivity contribution in [2.24, 2.45) is 5.14 Å². The van der Waals surface area contributed by atoms with E-state index < -0.39 is 10.0 Å². The van der Waals surface area contributed by atoms with E-state index >= 15 is 0 Å². The minimum atomic E-state index is -3.75. The van der Waals surface area contributed by atoms with Crippen molar-refractivity contribution in [2.75, 3.05) is 0 Å². The lowest BCUT2D eigenvalue weighted by atomic mass is 10.2. The average Bonchev–Trinajstić information content (AvgIpc) is 2.89. The minimum absolute atomic E-state index is 0.00171. The molecular weight excluding hydrogens is 304 g/mol. The molecule has 0 amide bonds. The first-order chi connectivity index (χ1) is 10.4. The molecule has 0 aliphatic heterocycles. The van der Waals surface area contributed by atoms with Crippen LogP contribution in [0.5, 0.6) is 6.01 Å². The van der Waals surface area contributed by atoms with Crippen LogP contribution in [0.3, 0.4) is 0 Å². The maximum Gasteiger partial charge on any atom is 0.333 e. The Kier molecular flexibility index (Phi) is 3.39. The van der Waals surface area contributed by atoms with E-state index in [-0.39, 0.29) is 10.9 Å². The molecule has 0 atom stereocenters. The fraction of sp³-hybridized carbons (Fsp3) is 0. The Hall–Kier alpha value is -2.71. The number of nitrogens with zero attached hydrogens (tertiary/aromatic N) is 3. The van der Waals surface area contributed by atoms with Gasteiger partial charge >= 0.3 is 6.01 Å². The Bertz CT molecular complexity index is 903. The van der Waals surface area contributed by atoms with E-state index in [0.29, 0.717) is 11.5 Å². The second kappa shape index (κ2) is 5.24. The molecule has 1 aromatic heterocycles.